The fourth-order valence-electron chi connectivity index (χ4n) is 1.86. The van der Waals surface area contributed by atoms with E-state index in [1.165, 1.54) is 0 Å². The largest absolute Gasteiger partial charge is 0.391 e. The molecule has 0 aliphatic carbocycles. The molecule has 1 aromatic carbocycles. The van der Waals surface area contributed by atoms with Crippen LogP contribution in [0.25, 0.3) is 0 Å². The number of aliphatic hydroxyl groups is 1. The van der Waals surface area contributed by atoms with Crippen molar-refractivity contribution in [1.82, 2.24) is 0 Å². The van der Waals surface area contributed by atoms with Gasteiger partial charge in [-0.15, -0.1) is 0 Å². The van der Waals surface area contributed by atoms with Gasteiger partial charge >= 0.3 is 0 Å². The number of nitrogens with zero attached hydrogens (tertiary/aromatic N) is 2. The molecular weight excluding hydrogens is 215 g/mol. The third-order valence-corrected chi connectivity index (χ3v) is 2.64. The first kappa shape index (κ1) is 10.8. The van der Waals surface area contributed by atoms with Crippen LogP contribution in [0.1, 0.15) is 6.42 Å². The van der Waals surface area contributed by atoms with E-state index in [2.05, 4.69) is 0 Å². The number of hydrogen-bond acceptors (Lipinski definition) is 4. The van der Waals surface area contributed by atoms with Gasteiger partial charge in [0.25, 0.3) is 5.69 Å². The van der Waals surface area contributed by atoms with Crippen LogP contribution >= 0.6 is 0 Å². The van der Waals surface area contributed by atoms with E-state index in [1.54, 1.807) is 4.90 Å². The standard InChI is InChI=1S/C10H11FN2O3/c11-7-1-2-9(13(15)16)10(5-7)12-4-3-8(14)6-12/h1-2,5,8,14H,3-4,6H2. The van der Waals surface area contributed by atoms with E-state index in [4.69, 9.17) is 0 Å². The minimum Gasteiger partial charge on any atom is -0.391 e. The number of aliphatic hydroxyl groups excluding tert-OH is 1. The van der Waals surface area contributed by atoms with Crippen LogP contribution in [0.15, 0.2) is 18.2 Å². The SMILES string of the molecule is O=[N+]([O-])c1ccc(F)cc1N1CCC(O)C1. The van der Waals surface area contributed by atoms with Crippen molar-refractivity contribution in [2.24, 2.45) is 0 Å². The molecule has 1 atom stereocenters. The minimum absolute atomic E-state index is 0.129. The van der Waals surface area contributed by atoms with Crippen LogP contribution in [0.3, 0.4) is 0 Å². The predicted octanol–water partition coefficient (Wildman–Crippen LogP) is 1.30. The molecule has 0 bridgehead atoms. The van der Waals surface area contributed by atoms with E-state index in [9.17, 15) is 19.6 Å². The smallest absolute Gasteiger partial charge is 0.292 e. The monoisotopic (exact) mass is 226 g/mol. The highest BCUT2D eigenvalue weighted by Crippen LogP contribution is 2.31. The molecule has 86 valence electrons. The normalized spacial score (nSPS) is 20.1. The average molecular weight is 226 g/mol. The molecule has 1 heterocycles. The van der Waals surface area contributed by atoms with Crippen LogP contribution in [-0.2, 0) is 0 Å². The Kier molecular flexibility index (Phi) is 2.74. The summed E-state index contributed by atoms with van der Waals surface area (Å²) in [4.78, 5) is 11.9. The molecule has 16 heavy (non-hydrogen) atoms. The van der Waals surface area contributed by atoms with Crippen molar-refractivity contribution in [3.8, 4) is 0 Å². The number of nitro benzene ring substituents is 1. The van der Waals surface area contributed by atoms with Crippen molar-refractivity contribution in [3.63, 3.8) is 0 Å². The van der Waals surface area contributed by atoms with Crippen molar-refractivity contribution < 1.29 is 14.4 Å². The molecule has 0 saturated carbocycles. The highest BCUT2D eigenvalue weighted by molar-refractivity contribution is 5.63. The number of rotatable bonds is 2. The summed E-state index contributed by atoms with van der Waals surface area (Å²) in [6.07, 6.45) is 0.0519. The van der Waals surface area contributed by atoms with Crippen LogP contribution in [-0.4, -0.2) is 29.2 Å². The molecule has 2 rings (SSSR count). The van der Waals surface area contributed by atoms with Crippen molar-refractivity contribution in [2.75, 3.05) is 18.0 Å². The maximum absolute atomic E-state index is 13.0. The lowest BCUT2D eigenvalue weighted by atomic mass is 10.2. The average Bonchev–Trinajstić information content (AvgIpc) is 2.64. The molecule has 1 N–H and O–H groups in total. The van der Waals surface area contributed by atoms with Crippen LogP contribution in [0.2, 0.25) is 0 Å². The fourth-order valence-corrected chi connectivity index (χ4v) is 1.86. The second-order valence-corrected chi connectivity index (χ2v) is 3.78. The van der Waals surface area contributed by atoms with E-state index >= 15 is 0 Å². The van der Waals surface area contributed by atoms with Gasteiger partial charge in [-0.25, -0.2) is 4.39 Å². The van der Waals surface area contributed by atoms with Crippen molar-refractivity contribution in [1.29, 1.82) is 0 Å². The Morgan fingerprint density at radius 3 is 2.88 bits per heavy atom. The summed E-state index contributed by atoms with van der Waals surface area (Å²) in [5, 5.41) is 20.1. The molecule has 0 spiro atoms. The third kappa shape index (κ3) is 1.96. The highest BCUT2D eigenvalue weighted by Gasteiger charge is 2.26. The second kappa shape index (κ2) is 4.05. The lowest BCUT2D eigenvalue weighted by Gasteiger charge is -2.17. The van der Waals surface area contributed by atoms with E-state index in [1.807, 2.05) is 0 Å². The van der Waals surface area contributed by atoms with E-state index in [0.29, 0.717) is 19.5 Å². The summed E-state index contributed by atoms with van der Waals surface area (Å²) in [6.45, 7) is 0.815. The Hall–Kier alpha value is -1.69. The molecule has 1 aliphatic heterocycles. The number of β-amino-alcohol motifs (C(OH)–C–C–N with tert-alkyl or cyclic N) is 1. The molecule has 1 aromatic rings. The summed E-state index contributed by atoms with van der Waals surface area (Å²) in [7, 11) is 0. The Bertz CT molecular complexity index is 425. The fraction of sp³-hybridized carbons (Fsp3) is 0.400. The lowest BCUT2D eigenvalue weighted by Crippen LogP contribution is -2.22. The molecule has 5 nitrogen and oxygen atoms in total. The Balaban J connectivity index is 2.37. The van der Waals surface area contributed by atoms with Gasteiger partial charge in [-0.3, -0.25) is 10.1 Å². The number of benzene rings is 1. The maximum atomic E-state index is 13.0. The summed E-state index contributed by atoms with van der Waals surface area (Å²) >= 11 is 0. The van der Waals surface area contributed by atoms with Crippen LogP contribution in [0, 0.1) is 15.9 Å². The van der Waals surface area contributed by atoms with Gasteiger partial charge in [0.2, 0.25) is 0 Å². The molecule has 0 aromatic heterocycles. The lowest BCUT2D eigenvalue weighted by molar-refractivity contribution is -0.384. The Labute approximate surface area is 91.3 Å². The number of halogens is 1. The zero-order valence-corrected chi connectivity index (χ0v) is 8.47. The molecule has 0 radical (unpaired) electrons. The predicted molar refractivity (Wildman–Crippen MR) is 55.9 cm³/mol. The first-order chi connectivity index (χ1) is 7.58. The molecule has 1 unspecified atom stereocenters. The summed E-state index contributed by atoms with van der Waals surface area (Å²) in [6, 6.07) is 3.35. The van der Waals surface area contributed by atoms with E-state index < -0.39 is 16.8 Å². The Morgan fingerprint density at radius 1 is 1.56 bits per heavy atom. The van der Waals surface area contributed by atoms with Crippen molar-refractivity contribution in [3.05, 3.63) is 34.1 Å². The van der Waals surface area contributed by atoms with Crippen molar-refractivity contribution in [2.45, 2.75) is 12.5 Å². The topological polar surface area (TPSA) is 66.6 Å². The van der Waals surface area contributed by atoms with E-state index in [0.717, 1.165) is 18.2 Å². The van der Waals surface area contributed by atoms with Gasteiger partial charge in [0.15, 0.2) is 0 Å². The van der Waals surface area contributed by atoms with Gasteiger partial charge in [0, 0.05) is 25.2 Å². The van der Waals surface area contributed by atoms with Crippen LogP contribution in [0.5, 0.6) is 0 Å². The van der Waals surface area contributed by atoms with Gasteiger partial charge in [0.05, 0.1) is 11.0 Å². The first-order valence-corrected chi connectivity index (χ1v) is 4.95. The molecule has 1 aliphatic rings. The zero-order chi connectivity index (χ0) is 11.7. The molecule has 1 saturated heterocycles. The molecule has 0 amide bonds. The van der Waals surface area contributed by atoms with Crippen molar-refractivity contribution >= 4 is 11.4 Å². The molecule has 6 heteroatoms. The van der Waals surface area contributed by atoms with Gasteiger partial charge in [-0.2, -0.15) is 0 Å². The zero-order valence-electron chi connectivity index (χ0n) is 8.47. The molecule has 1 fully saturated rings. The van der Waals surface area contributed by atoms with Gasteiger partial charge in [-0.1, -0.05) is 0 Å². The van der Waals surface area contributed by atoms with Gasteiger partial charge < -0.3 is 10.0 Å². The maximum Gasteiger partial charge on any atom is 0.292 e. The number of hydrogen-bond donors (Lipinski definition) is 1. The molecular formula is C10H11FN2O3. The second-order valence-electron chi connectivity index (χ2n) is 3.78. The summed E-state index contributed by atoms with van der Waals surface area (Å²) < 4.78 is 13.0. The highest BCUT2D eigenvalue weighted by atomic mass is 19.1. The van der Waals surface area contributed by atoms with Crippen LogP contribution in [0.4, 0.5) is 15.8 Å². The van der Waals surface area contributed by atoms with Gasteiger partial charge in [-0.05, 0) is 12.5 Å². The number of anilines is 1. The van der Waals surface area contributed by atoms with Crippen LogP contribution < -0.4 is 4.90 Å². The summed E-state index contributed by atoms with van der Waals surface area (Å²) in [5.74, 6) is -0.512. The third-order valence-electron chi connectivity index (χ3n) is 2.64. The summed E-state index contributed by atoms with van der Waals surface area (Å²) in [5.41, 5.74) is 0.108. The first-order valence-electron chi connectivity index (χ1n) is 4.95. The Morgan fingerprint density at radius 2 is 2.31 bits per heavy atom. The quantitative estimate of drug-likeness (QED) is 0.609. The van der Waals surface area contributed by atoms with Gasteiger partial charge in [0.1, 0.15) is 11.5 Å². The number of nitro groups is 1. The van der Waals surface area contributed by atoms with E-state index in [-0.39, 0.29) is 11.4 Å². The minimum atomic E-state index is -0.542.